The molecular formula is C52H36N2. The summed E-state index contributed by atoms with van der Waals surface area (Å²) >= 11 is 0. The maximum Gasteiger partial charge on any atom is 0.0618 e. The van der Waals surface area contributed by atoms with Gasteiger partial charge < -0.3 is 9.47 Å². The van der Waals surface area contributed by atoms with Crippen molar-refractivity contribution >= 4 is 49.6 Å². The van der Waals surface area contributed by atoms with Gasteiger partial charge in [-0.25, -0.2) is 0 Å². The second-order valence-corrected chi connectivity index (χ2v) is 13.7. The van der Waals surface area contributed by atoms with Gasteiger partial charge in [-0.2, -0.15) is 0 Å². The zero-order valence-corrected chi connectivity index (χ0v) is 29.7. The van der Waals surface area contributed by atoms with Crippen LogP contribution in [0.1, 0.15) is 0 Å². The predicted molar refractivity (Wildman–Crippen MR) is 229 cm³/mol. The molecule has 0 aliphatic carbocycles. The monoisotopic (exact) mass is 688 g/mol. The normalized spacial score (nSPS) is 11.3. The van der Waals surface area contributed by atoms with Gasteiger partial charge in [0.2, 0.25) is 0 Å². The molecule has 1 heterocycles. The van der Waals surface area contributed by atoms with E-state index < -0.39 is 0 Å². The molecule has 254 valence electrons. The number of rotatable bonds is 7. The van der Waals surface area contributed by atoms with Crippen LogP contribution in [0.5, 0.6) is 0 Å². The van der Waals surface area contributed by atoms with Crippen LogP contribution in [0.25, 0.3) is 71.6 Å². The van der Waals surface area contributed by atoms with E-state index in [1.54, 1.807) is 0 Å². The van der Waals surface area contributed by atoms with E-state index >= 15 is 0 Å². The third-order valence-electron chi connectivity index (χ3n) is 10.6. The van der Waals surface area contributed by atoms with Gasteiger partial charge in [-0.15, -0.1) is 0 Å². The third-order valence-corrected chi connectivity index (χ3v) is 10.6. The molecule has 0 fully saturated rings. The van der Waals surface area contributed by atoms with Gasteiger partial charge in [-0.3, -0.25) is 0 Å². The van der Waals surface area contributed by atoms with Crippen LogP contribution in [0.2, 0.25) is 0 Å². The molecule has 10 rings (SSSR count). The van der Waals surface area contributed by atoms with Gasteiger partial charge in [0.25, 0.3) is 0 Å². The molecule has 0 saturated carbocycles. The lowest BCUT2D eigenvalue weighted by Gasteiger charge is -2.30. The van der Waals surface area contributed by atoms with Crippen LogP contribution in [0.4, 0.5) is 17.1 Å². The van der Waals surface area contributed by atoms with Crippen molar-refractivity contribution in [2.45, 2.75) is 0 Å². The van der Waals surface area contributed by atoms with Crippen molar-refractivity contribution in [1.82, 2.24) is 4.57 Å². The van der Waals surface area contributed by atoms with Crippen molar-refractivity contribution in [3.05, 3.63) is 218 Å². The molecule has 0 aliphatic rings. The molecule has 0 bridgehead atoms. The Kier molecular flexibility index (Phi) is 7.85. The zero-order chi connectivity index (χ0) is 35.8. The number of aromatic nitrogens is 1. The lowest BCUT2D eigenvalue weighted by molar-refractivity contribution is 1.18. The van der Waals surface area contributed by atoms with Gasteiger partial charge in [0, 0.05) is 33.1 Å². The van der Waals surface area contributed by atoms with Crippen molar-refractivity contribution < 1.29 is 0 Å². The molecule has 0 saturated heterocycles. The van der Waals surface area contributed by atoms with E-state index in [1.807, 2.05) is 0 Å². The number of hydrogen-bond acceptors (Lipinski definition) is 1. The van der Waals surface area contributed by atoms with Crippen molar-refractivity contribution in [3.8, 4) is 39.1 Å². The smallest absolute Gasteiger partial charge is 0.0618 e. The van der Waals surface area contributed by atoms with Gasteiger partial charge in [0.15, 0.2) is 0 Å². The molecule has 2 nitrogen and oxygen atoms in total. The second kappa shape index (κ2) is 13.4. The van der Waals surface area contributed by atoms with Gasteiger partial charge in [0.05, 0.1) is 22.4 Å². The minimum absolute atomic E-state index is 1.11. The molecule has 0 spiro atoms. The molecule has 0 unspecified atom stereocenters. The van der Waals surface area contributed by atoms with Gasteiger partial charge in [-0.05, 0) is 75.7 Å². The second-order valence-electron chi connectivity index (χ2n) is 13.7. The Bertz CT molecular complexity index is 2910. The lowest BCUT2D eigenvalue weighted by Crippen LogP contribution is -2.12. The fraction of sp³-hybridized carbons (Fsp3) is 0. The van der Waals surface area contributed by atoms with Crippen LogP contribution in [0.15, 0.2) is 218 Å². The largest absolute Gasteiger partial charge is 0.309 e. The van der Waals surface area contributed by atoms with Crippen molar-refractivity contribution in [2.24, 2.45) is 0 Å². The number of anilines is 3. The Morgan fingerprint density at radius 3 is 1.59 bits per heavy atom. The summed E-state index contributed by atoms with van der Waals surface area (Å²) in [6.07, 6.45) is 0. The standard InChI is InChI=1S/C52H36N2/c1-5-18-37(19-6-1)43-35-33-42(36-47(43)39-22-9-3-10-23-39)53-48-29-16-15-28-46(48)51-49(53)30-17-31-50(51)54(41-25-11-4-12-26-41)52-44-27-14-13-24-40(44)32-34-45(52)38-20-7-2-8-21-38/h1-36H. The molecule has 0 radical (unpaired) electrons. The van der Waals surface area contributed by atoms with E-state index in [0.717, 1.165) is 28.3 Å². The summed E-state index contributed by atoms with van der Waals surface area (Å²) in [5.41, 5.74) is 14.0. The Morgan fingerprint density at radius 2 is 0.889 bits per heavy atom. The molecule has 10 aromatic rings. The molecule has 2 heteroatoms. The Morgan fingerprint density at radius 1 is 0.352 bits per heavy atom. The maximum atomic E-state index is 2.48. The van der Waals surface area contributed by atoms with Gasteiger partial charge in [0.1, 0.15) is 0 Å². The number of nitrogens with zero attached hydrogens (tertiary/aromatic N) is 2. The van der Waals surface area contributed by atoms with Crippen LogP contribution < -0.4 is 4.90 Å². The average Bonchev–Trinajstić information content (AvgIpc) is 3.60. The van der Waals surface area contributed by atoms with E-state index in [1.165, 1.54) is 60.4 Å². The highest BCUT2D eigenvalue weighted by atomic mass is 15.2. The van der Waals surface area contributed by atoms with Crippen LogP contribution >= 0.6 is 0 Å². The predicted octanol–water partition coefficient (Wildman–Crippen LogP) is 14.4. The first-order valence-electron chi connectivity index (χ1n) is 18.5. The maximum absolute atomic E-state index is 2.48. The van der Waals surface area contributed by atoms with Crippen molar-refractivity contribution in [2.75, 3.05) is 4.90 Å². The van der Waals surface area contributed by atoms with E-state index in [4.69, 9.17) is 0 Å². The highest BCUT2D eigenvalue weighted by molar-refractivity contribution is 6.18. The van der Waals surface area contributed by atoms with Crippen LogP contribution in [-0.4, -0.2) is 4.57 Å². The number of para-hydroxylation sites is 2. The van der Waals surface area contributed by atoms with Crippen molar-refractivity contribution in [3.63, 3.8) is 0 Å². The average molecular weight is 689 g/mol. The van der Waals surface area contributed by atoms with E-state index in [9.17, 15) is 0 Å². The minimum Gasteiger partial charge on any atom is -0.309 e. The summed E-state index contributed by atoms with van der Waals surface area (Å²) in [5.74, 6) is 0. The topological polar surface area (TPSA) is 8.17 Å². The highest BCUT2D eigenvalue weighted by Gasteiger charge is 2.25. The first-order chi connectivity index (χ1) is 26.8. The number of fused-ring (bicyclic) bond motifs is 4. The van der Waals surface area contributed by atoms with E-state index in [0.29, 0.717) is 0 Å². The first kappa shape index (κ1) is 31.6. The van der Waals surface area contributed by atoms with Gasteiger partial charge in [-0.1, -0.05) is 176 Å². The summed E-state index contributed by atoms with van der Waals surface area (Å²) in [7, 11) is 0. The van der Waals surface area contributed by atoms with Crippen LogP contribution in [0.3, 0.4) is 0 Å². The summed E-state index contributed by atoms with van der Waals surface area (Å²) in [5, 5.41) is 4.82. The summed E-state index contributed by atoms with van der Waals surface area (Å²) in [4.78, 5) is 2.48. The molecule has 0 atom stereocenters. The molecule has 0 amide bonds. The van der Waals surface area contributed by atoms with Crippen LogP contribution in [0, 0.1) is 0 Å². The van der Waals surface area contributed by atoms with E-state index in [2.05, 4.69) is 228 Å². The van der Waals surface area contributed by atoms with Crippen LogP contribution in [-0.2, 0) is 0 Å². The summed E-state index contributed by atoms with van der Waals surface area (Å²) in [6.45, 7) is 0. The fourth-order valence-electron chi connectivity index (χ4n) is 8.17. The highest BCUT2D eigenvalue weighted by Crippen LogP contribution is 2.49. The zero-order valence-electron chi connectivity index (χ0n) is 29.7. The lowest BCUT2D eigenvalue weighted by atomic mass is 9.94. The number of hydrogen-bond donors (Lipinski definition) is 0. The summed E-state index contributed by atoms with van der Waals surface area (Å²) < 4.78 is 2.44. The Balaban J connectivity index is 1.28. The molecule has 0 aliphatic heterocycles. The quantitative estimate of drug-likeness (QED) is 0.162. The molecule has 1 aromatic heterocycles. The van der Waals surface area contributed by atoms with Gasteiger partial charge >= 0.3 is 0 Å². The summed E-state index contributed by atoms with van der Waals surface area (Å²) in [6, 6.07) is 78.9. The Hall–Kier alpha value is -7.16. The number of benzene rings is 9. The molecular weight excluding hydrogens is 653 g/mol. The Labute approximate surface area is 315 Å². The first-order valence-corrected chi connectivity index (χ1v) is 18.5. The fourth-order valence-corrected chi connectivity index (χ4v) is 8.17. The SMILES string of the molecule is c1ccc(-c2ccc(-n3c4ccccc4c4c(N(c5ccccc5)c5c(-c6ccccc6)ccc6ccccc56)cccc43)cc2-c2ccccc2)cc1. The van der Waals surface area contributed by atoms with E-state index in [-0.39, 0.29) is 0 Å². The van der Waals surface area contributed by atoms with Crippen molar-refractivity contribution in [1.29, 1.82) is 0 Å². The molecule has 54 heavy (non-hydrogen) atoms. The molecule has 0 N–H and O–H groups in total. The minimum atomic E-state index is 1.11. The third kappa shape index (κ3) is 5.36. The molecule has 9 aromatic carbocycles.